The molecule has 2 aliphatic rings. The van der Waals surface area contributed by atoms with E-state index in [0.717, 1.165) is 49.9 Å². The lowest BCUT2D eigenvalue weighted by molar-refractivity contribution is -0.126. The first kappa shape index (κ1) is 19.2. The first-order chi connectivity index (χ1) is 13.1. The summed E-state index contributed by atoms with van der Waals surface area (Å²) in [7, 11) is 0. The van der Waals surface area contributed by atoms with Gasteiger partial charge in [0.2, 0.25) is 5.91 Å². The highest BCUT2D eigenvalue weighted by Gasteiger charge is 2.45. The molecule has 3 nitrogen and oxygen atoms in total. The maximum atomic E-state index is 13.4. The Bertz CT molecular complexity index is 766. The van der Waals surface area contributed by atoms with Crippen LogP contribution in [0.3, 0.4) is 0 Å². The molecule has 0 bridgehead atoms. The fourth-order valence-corrected chi connectivity index (χ4v) is 7.13. The summed E-state index contributed by atoms with van der Waals surface area (Å²) in [5.41, 5.74) is -0.267. The van der Waals surface area contributed by atoms with Gasteiger partial charge in [-0.1, -0.05) is 31.7 Å². The minimum atomic E-state index is -0.419. The summed E-state index contributed by atoms with van der Waals surface area (Å²) in [6.45, 7) is 2.54. The Morgan fingerprint density at radius 2 is 1.81 bits per heavy atom. The van der Waals surface area contributed by atoms with Gasteiger partial charge in [-0.3, -0.25) is 4.79 Å². The van der Waals surface area contributed by atoms with Crippen molar-refractivity contribution in [1.29, 1.82) is 0 Å². The number of carbonyl (C=O) groups is 1. The summed E-state index contributed by atoms with van der Waals surface area (Å²) >= 11 is 3.44. The summed E-state index contributed by atoms with van der Waals surface area (Å²) in [4.78, 5) is 16.9. The molecule has 0 aliphatic heterocycles. The number of aliphatic hydroxyl groups excluding tert-OH is 1. The van der Waals surface area contributed by atoms with E-state index in [4.69, 9.17) is 0 Å². The first-order valence-electron chi connectivity index (χ1n) is 10.2. The van der Waals surface area contributed by atoms with Crippen molar-refractivity contribution in [1.82, 2.24) is 5.32 Å². The predicted molar refractivity (Wildman–Crippen MR) is 113 cm³/mol. The second kappa shape index (κ2) is 7.69. The van der Waals surface area contributed by atoms with Crippen molar-refractivity contribution >= 4 is 28.6 Å². The topological polar surface area (TPSA) is 49.3 Å². The number of rotatable bonds is 6. The predicted octanol–water partition coefficient (Wildman–Crippen LogP) is 5.30. The van der Waals surface area contributed by atoms with Crippen molar-refractivity contribution in [2.75, 3.05) is 6.54 Å². The van der Waals surface area contributed by atoms with E-state index in [-0.39, 0.29) is 16.7 Å². The van der Waals surface area contributed by atoms with Gasteiger partial charge >= 0.3 is 0 Å². The summed E-state index contributed by atoms with van der Waals surface area (Å²) in [6, 6.07) is 8.43. The lowest BCUT2D eigenvalue weighted by Gasteiger charge is -2.32. The molecule has 1 amide bonds. The summed E-state index contributed by atoms with van der Waals surface area (Å²) in [6.07, 6.45) is 8.48. The van der Waals surface area contributed by atoms with Crippen molar-refractivity contribution < 1.29 is 9.90 Å². The Morgan fingerprint density at radius 1 is 1.11 bits per heavy atom. The van der Waals surface area contributed by atoms with E-state index >= 15 is 0 Å². The summed E-state index contributed by atoms with van der Waals surface area (Å²) in [5, 5.41) is 15.4. The van der Waals surface area contributed by atoms with Gasteiger partial charge in [-0.2, -0.15) is 0 Å². The number of aliphatic hydroxyl groups is 1. The maximum absolute atomic E-state index is 13.4. The molecule has 2 aromatic heterocycles. The third kappa shape index (κ3) is 3.50. The molecule has 1 atom stereocenters. The van der Waals surface area contributed by atoms with Gasteiger partial charge in [0.05, 0.1) is 11.5 Å². The lowest BCUT2D eigenvalue weighted by Crippen LogP contribution is -2.47. The normalized spacial score (nSPS) is 22.0. The molecule has 2 saturated carbocycles. The number of hydrogen-bond acceptors (Lipinski definition) is 4. The molecule has 0 saturated heterocycles. The molecule has 27 heavy (non-hydrogen) atoms. The van der Waals surface area contributed by atoms with Gasteiger partial charge < -0.3 is 10.4 Å². The van der Waals surface area contributed by atoms with Crippen LogP contribution in [0.15, 0.2) is 29.6 Å². The van der Waals surface area contributed by atoms with Crippen molar-refractivity contribution in [3.05, 3.63) is 44.3 Å². The number of thiophene rings is 2. The Hall–Kier alpha value is -1.17. The smallest absolute Gasteiger partial charge is 0.231 e. The van der Waals surface area contributed by atoms with E-state index in [1.807, 2.05) is 6.92 Å². The van der Waals surface area contributed by atoms with Crippen LogP contribution >= 0.6 is 22.7 Å². The second-order valence-corrected chi connectivity index (χ2v) is 10.4. The molecule has 146 valence electrons. The molecule has 2 N–H and O–H groups in total. The van der Waals surface area contributed by atoms with Crippen molar-refractivity contribution in [3.8, 4) is 0 Å². The fourth-order valence-electron chi connectivity index (χ4n) is 4.96. The third-order valence-electron chi connectivity index (χ3n) is 6.59. The molecular weight excluding hydrogens is 374 g/mol. The molecule has 0 radical (unpaired) electrons. The molecule has 2 fully saturated rings. The van der Waals surface area contributed by atoms with Gasteiger partial charge in [0.25, 0.3) is 0 Å². The van der Waals surface area contributed by atoms with Crippen LogP contribution in [0.5, 0.6) is 0 Å². The summed E-state index contributed by atoms with van der Waals surface area (Å²) < 4.78 is 0. The van der Waals surface area contributed by atoms with Crippen LogP contribution < -0.4 is 5.32 Å². The molecule has 2 heterocycles. The van der Waals surface area contributed by atoms with Crippen LogP contribution in [0.2, 0.25) is 0 Å². The number of carbonyl (C=O) groups excluding carboxylic acids is 1. The third-order valence-corrected chi connectivity index (χ3v) is 9.17. The largest absolute Gasteiger partial charge is 0.388 e. The maximum Gasteiger partial charge on any atom is 0.231 e. The fraction of sp³-hybridized carbons (Fsp3) is 0.591. The van der Waals surface area contributed by atoms with Gasteiger partial charge in [-0.15, -0.1) is 22.7 Å². The Kier molecular flexibility index (Phi) is 5.45. The molecule has 4 rings (SSSR count). The first-order valence-corrected chi connectivity index (χ1v) is 11.9. The molecule has 2 aliphatic carbocycles. The Labute approximate surface area is 169 Å². The van der Waals surface area contributed by atoms with Crippen LogP contribution in [-0.2, 0) is 15.6 Å². The van der Waals surface area contributed by atoms with Crippen molar-refractivity contribution in [2.45, 2.75) is 75.2 Å². The second-order valence-electron chi connectivity index (χ2n) is 8.31. The van der Waals surface area contributed by atoms with Crippen LogP contribution in [-0.4, -0.2) is 17.6 Å². The highest BCUT2D eigenvalue weighted by molar-refractivity contribution is 7.12. The molecule has 2 aromatic rings. The Balaban J connectivity index is 1.53. The van der Waals surface area contributed by atoms with E-state index in [0.29, 0.717) is 0 Å². The van der Waals surface area contributed by atoms with E-state index in [1.54, 1.807) is 22.7 Å². The molecule has 0 spiro atoms. The van der Waals surface area contributed by atoms with Gasteiger partial charge in [0.15, 0.2) is 0 Å². The quantitative estimate of drug-likeness (QED) is 0.687. The minimum absolute atomic E-state index is 0.0444. The van der Waals surface area contributed by atoms with Crippen molar-refractivity contribution in [3.63, 3.8) is 0 Å². The van der Waals surface area contributed by atoms with Crippen LogP contribution in [0.1, 0.15) is 79.0 Å². The van der Waals surface area contributed by atoms with Gasteiger partial charge in [-0.25, -0.2) is 0 Å². The minimum Gasteiger partial charge on any atom is -0.388 e. The lowest BCUT2D eigenvalue weighted by atomic mass is 9.81. The van der Waals surface area contributed by atoms with E-state index in [1.165, 1.54) is 22.6 Å². The highest BCUT2D eigenvalue weighted by atomic mass is 32.1. The average molecular weight is 404 g/mol. The van der Waals surface area contributed by atoms with Crippen LogP contribution in [0.25, 0.3) is 0 Å². The van der Waals surface area contributed by atoms with Crippen LogP contribution in [0, 0.1) is 0 Å². The molecular formula is C22H29NO2S2. The zero-order valence-electron chi connectivity index (χ0n) is 16.0. The molecule has 0 aromatic carbocycles. The Morgan fingerprint density at radius 3 is 2.41 bits per heavy atom. The summed E-state index contributed by atoms with van der Waals surface area (Å²) in [5.74, 6) is 0.223. The monoisotopic (exact) mass is 403 g/mol. The number of hydrogen-bond donors (Lipinski definition) is 2. The van der Waals surface area contributed by atoms with Gasteiger partial charge in [-0.05, 0) is 56.2 Å². The zero-order chi connectivity index (χ0) is 18.9. The van der Waals surface area contributed by atoms with E-state index in [9.17, 15) is 9.90 Å². The molecule has 1 unspecified atom stereocenters. The van der Waals surface area contributed by atoms with Gasteiger partial charge in [0.1, 0.15) is 0 Å². The van der Waals surface area contributed by atoms with Crippen LogP contribution in [0.4, 0.5) is 0 Å². The number of nitrogens with one attached hydrogen (secondary N) is 1. The SMILES string of the molecule is CC(O)c1ccc(C2(CNC(=O)C3(c4cccs4)CCCC3)CCCC2)s1. The van der Waals surface area contributed by atoms with E-state index < -0.39 is 6.10 Å². The number of amides is 1. The standard InChI is InChI=1S/C22H29NO2S2/c1-16(24)17-8-9-18(27-17)21(10-2-3-11-21)15-23-20(25)22(12-4-5-13-22)19-7-6-14-26-19/h6-9,14,16,24H,2-5,10-13,15H2,1H3,(H,23,25). The van der Waals surface area contributed by atoms with E-state index in [2.05, 4.69) is 35.0 Å². The van der Waals surface area contributed by atoms with Crippen molar-refractivity contribution in [2.24, 2.45) is 0 Å². The molecule has 5 heteroatoms. The highest BCUT2D eigenvalue weighted by Crippen LogP contribution is 2.46. The zero-order valence-corrected chi connectivity index (χ0v) is 17.6. The van der Waals surface area contributed by atoms with Gasteiger partial charge in [0, 0.05) is 26.6 Å². The average Bonchev–Trinajstić information content (AvgIpc) is 3.46.